The minimum Gasteiger partial charge on any atom is -0.430 e. The summed E-state index contributed by atoms with van der Waals surface area (Å²) in [6.45, 7) is 0. The predicted molar refractivity (Wildman–Crippen MR) is 127 cm³/mol. The Balaban J connectivity index is 1.45. The van der Waals surface area contributed by atoms with E-state index in [0.29, 0.717) is 11.4 Å². The first-order valence-electron chi connectivity index (χ1n) is 11.4. The van der Waals surface area contributed by atoms with E-state index in [2.05, 4.69) is 4.72 Å². The van der Waals surface area contributed by atoms with Crippen molar-refractivity contribution in [2.45, 2.75) is 48.3 Å². The molecular formula is C25H27NO5S2. The smallest absolute Gasteiger partial charge is 0.317 e. The van der Waals surface area contributed by atoms with Crippen LogP contribution in [0.1, 0.15) is 43.6 Å². The van der Waals surface area contributed by atoms with Crippen molar-refractivity contribution in [2.24, 2.45) is 17.8 Å². The summed E-state index contributed by atoms with van der Waals surface area (Å²) in [7, 11) is -3.67. The number of fused-ring (bicyclic) bond motifs is 1. The van der Waals surface area contributed by atoms with Crippen LogP contribution in [0.4, 0.5) is 5.69 Å². The first-order chi connectivity index (χ1) is 15.9. The molecule has 1 aliphatic heterocycles. The van der Waals surface area contributed by atoms with Crippen molar-refractivity contribution < 1.29 is 23.1 Å². The van der Waals surface area contributed by atoms with Crippen molar-refractivity contribution >= 4 is 33.0 Å². The maximum absolute atomic E-state index is 13.1. The fourth-order valence-corrected chi connectivity index (χ4v) is 7.06. The second kappa shape index (κ2) is 9.08. The summed E-state index contributed by atoms with van der Waals surface area (Å²) < 4.78 is 34.0. The van der Waals surface area contributed by atoms with Crippen molar-refractivity contribution in [1.29, 1.82) is 0 Å². The van der Waals surface area contributed by atoms with E-state index in [1.54, 1.807) is 41.8 Å². The average molecular weight is 486 g/mol. The highest BCUT2D eigenvalue weighted by atomic mass is 32.2. The van der Waals surface area contributed by atoms with Crippen molar-refractivity contribution in [3.8, 4) is 0 Å². The van der Waals surface area contributed by atoms with Crippen LogP contribution in [-0.4, -0.2) is 25.6 Å². The number of benzene rings is 1. The second-order valence-corrected chi connectivity index (χ2v) is 11.9. The van der Waals surface area contributed by atoms with E-state index in [4.69, 9.17) is 4.74 Å². The van der Waals surface area contributed by atoms with Crippen LogP contribution in [0, 0.1) is 17.8 Å². The number of carbonyl (C=O) groups is 1. The summed E-state index contributed by atoms with van der Waals surface area (Å²) >= 11 is 1.16. The molecular weight excluding hydrogens is 458 g/mol. The van der Waals surface area contributed by atoms with Gasteiger partial charge in [0.25, 0.3) is 10.0 Å². The van der Waals surface area contributed by atoms with E-state index in [1.807, 2.05) is 18.2 Å². The van der Waals surface area contributed by atoms with Gasteiger partial charge in [-0.1, -0.05) is 30.4 Å². The van der Waals surface area contributed by atoms with E-state index in [1.165, 1.54) is 0 Å². The number of sulfonamides is 1. The lowest BCUT2D eigenvalue weighted by Crippen LogP contribution is -2.45. The molecule has 2 N–H and O–H groups in total. The van der Waals surface area contributed by atoms with Gasteiger partial charge in [-0.25, -0.2) is 8.42 Å². The summed E-state index contributed by atoms with van der Waals surface area (Å²) in [6.07, 6.45) is 9.48. The molecule has 1 aromatic carbocycles. The van der Waals surface area contributed by atoms with Gasteiger partial charge in [-0.2, -0.15) is 0 Å². The van der Waals surface area contributed by atoms with Crippen molar-refractivity contribution in [3.05, 3.63) is 71.3 Å². The number of esters is 1. The van der Waals surface area contributed by atoms with Crippen LogP contribution in [-0.2, 0) is 19.6 Å². The molecule has 0 bridgehead atoms. The first kappa shape index (κ1) is 22.4. The van der Waals surface area contributed by atoms with Crippen LogP contribution in [0.3, 0.4) is 0 Å². The molecule has 5 rings (SSSR count). The van der Waals surface area contributed by atoms with Crippen LogP contribution >= 0.6 is 11.3 Å². The number of nitrogens with one attached hydrogen (secondary N) is 1. The highest BCUT2D eigenvalue weighted by molar-refractivity contribution is 7.94. The molecule has 33 heavy (non-hydrogen) atoms. The SMILES string of the molecule is O=C1OC2=CC=CCCCC2C(O)C1C(c1cccc(NS(=O)(=O)c2cccs2)c1)C1CC1. The van der Waals surface area contributed by atoms with Crippen LogP contribution in [0.5, 0.6) is 0 Å². The van der Waals surface area contributed by atoms with Gasteiger partial charge in [0, 0.05) is 17.5 Å². The molecule has 3 aliphatic rings. The summed E-state index contributed by atoms with van der Waals surface area (Å²) in [4.78, 5) is 13.1. The summed E-state index contributed by atoms with van der Waals surface area (Å²) in [5, 5.41) is 13.1. The zero-order chi connectivity index (χ0) is 23.0. The zero-order valence-corrected chi connectivity index (χ0v) is 19.7. The monoisotopic (exact) mass is 485 g/mol. The summed E-state index contributed by atoms with van der Waals surface area (Å²) in [6, 6.07) is 10.5. The number of aliphatic hydroxyl groups is 1. The Labute approximate surface area is 198 Å². The van der Waals surface area contributed by atoms with Gasteiger partial charge in [0.05, 0.1) is 12.0 Å². The molecule has 1 saturated carbocycles. The largest absolute Gasteiger partial charge is 0.430 e. The Morgan fingerprint density at radius 1 is 1.15 bits per heavy atom. The number of anilines is 1. The molecule has 0 amide bonds. The molecule has 1 aromatic heterocycles. The van der Waals surface area contributed by atoms with Crippen LogP contribution in [0.25, 0.3) is 0 Å². The Morgan fingerprint density at radius 3 is 2.76 bits per heavy atom. The molecule has 2 fully saturated rings. The molecule has 4 unspecified atom stereocenters. The van der Waals surface area contributed by atoms with Gasteiger partial charge in [-0.05, 0) is 73.2 Å². The van der Waals surface area contributed by atoms with Crippen LogP contribution in [0.15, 0.2) is 70.0 Å². The van der Waals surface area contributed by atoms with E-state index in [0.717, 1.165) is 49.0 Å². The molecule has 0 spiro atoms. The molecule has 4 atom stereocenters. The number of hydrogen-bond donors (Lipinski definition) is 2. The summed E-state index contributed by atoms with van der Waals surface area (Å²) in [5.41, 5.74) is 1.30. The highest BCUT2D eigenvalue weighted by Gasteiger charge is 2.50. The van der Waals surface area contributed by atoms with E-state index >= 15 is 0 Å². The molecule has 2 heterocycles. The van der Waals surface area contributed by atoms with Crippen molar-refractivity contribution in [2.75, 3.05) is 4.72 Å². The van der Waals surface area contributed by atoms with Gasteiger partial charge < -0.3 is 9.84 Å². The van der Waals surface area contributed by atoms with Gasteiger partial charge in [-0.15, -0.1) is 11.3 Å². The fraction of sp³-hybridized carbons (Fsp3) is 0.400. The third-order valence-electron chi connectivity index (χ3n) is 6.72. The number of carbonyl (C=O) groups excluding carboxylic acids is 1. The van der Waals surface area contributed by atoms with Crippen molar-refractivity contribution in [1.82, 2.24) is 0 Å². The lowest BCUT2D eigenvalue weighted by molar-refractivity contribution is -0.160. The molecule has 0 radical (unpaired) electrons. The number of thiophene rings is 1. The number of ether oxygens (including phenoxy) is 1. The number of hydrogen-bond acceptors (Lipinski definition) is 6. The normalized spacial score (nSPS) is 26.4. The second-order valence-electron chi connectivity index (χ2n) is 9.00. The highest BCUT2D eigenvalue weighted by Crippen LogP contribution is 2.51. The van der Waals surface area contributed by atoms with Gasteiger partial charge >= 0.3 is 5.97 Å². The molecule has 1 saturated heterocycles. The minimum atomic E-state index is -3.67. The van der Waals surface area contributed by atoms with Gasteiger partial charge in [0.15, 0.2) is 0 Å². The lowest BCUT2D eigenvalue weighted by Gasteiger charge is -2.39. The molecule has 8 heteroatoms. The van der Waals surface area contributed by atoms with Crippen LogP contribution in [0.2, 0.25) is 0 Å². The Kier molecular flexibility index (Phi) is 6.16. The number of allylic oxidation sites excluding steroid dienone is 3. The van der Waals surface area contributed by atoms with E-state index in [-0.39, 0.29) is 22.0 Å². The maximum Gasteiger partial charge on any atom is 0.317 e. The van der Waals surface area contributed by atoms with Gasteiger partial charge in [-0.3, -0.25) is 9.52 Å². The lowest BCUT2D eigenvalue weighted by atomic mass is 9.72. The number of aliphatic hydroxyl groups excluding tert-OH is 1. The zero-order valence-electron chi connectivity index (χ0n) is 18.1. The Morgan fingerprint density at radius 2 is 2.00 bits per heavy atom. The number of rotatable bonds is 6. The third-order valence-corrected chi connectivity index (χ3v) is 9.50. The van der Waals surface area contributed by atoms with E-state index < -0.39 is 28.0 Å². The molecule has 2 aromatic rings. The Hall–Kier alpha value is -2.42. The predicted octanol–water partition coefficient (Wildman–Crippen LogP) is 4.82. The maximum atomic E-state index is 13.1. The van der Waals surface area contributed by atoms with Crippen LogP contribution < -0.4 is 4.72 Å². The molecule has 2 aliphatic carbocycles. The quantitative estimate of drug-likeness (QED) is 0.573. The molecule has 6 nitrogen and oxygen atoms in total. The fourth-order valence-electron chi connectivity index (χ4n) is 5.02. The average Bonchev–Trinajstić information content (AvgIpc) is 3.42. The Bertz CT molecular complexity index is 1180. The van der Waals surface area contributed by atoms with E-state index in [9.17, 15) is 18.3 Å². The topological polar surface area (TPSA) is 92.7 Å². The van der Waals surface area contributed by atoms with Crippen molar-refractivity contribution in [3.63, 3.8) is 0 Å². The first-order valence-corrected chi connectivity index (χ1v) is 13.7. The molecule has 174 valence electrons. The summed E-state index contributed by atoms with van der Waals surface area (Å²) in [5.74, 6) is -0.694. The third kappa shape index (κ3) is 4.65. The standard InChI is InChI=1S/C25H27NO5S2/c27-24-19-9-3-1-2-4-10-20(19)31-25(28)23(24)22(16-12-13-16)17-7-5-8-18(15-17)26-33(29,30)21-11-6-14-32-21/h2,4-8,10-11,14-16,19,22-24,26-27H,1,3,9,12-13H2. The van der Waals surface area contributed by atoms with Gasteiger partial charge in [0.2, 0.25) is 0 Å². The van der Waals surface area contributed by atoms with Gasteiger partial charge in [0.1, 0.15) is 9.97 Å². The minimum absolute atomic E-state index is 0.209.